The number of hydrogen-bond donors (Lipinski definition) is 3. The van der Waals surface area contributed by atoms with Crippen molar-refractivity contribution in [3.8, 4) is 0 Å². The van der Waals surface area contributed by atoms with Crippen molar-refractivity contribution in [2.75, 3.05) is 26.2 Å². The molecule has 0 unspecified atom stereocenters. The van der Waals surface area contributed by atoms with Crippen LogP contribution in [0.2, 0.25) is 0 Å². The van der Waals surface area contributed by atoms with E-state index < -0.39 is 0 Å². The van der Waals surface area contributed by atoms with Crippen LogP contribution in [0.25, 0.3) is 10.9 Å². The van der Waals surface area contributed by atoms with Gasteiger partial charge in [-0.25, -0.2) is 0 Å². The van der Waals surface area contributed by atoms with Crippen LogP contribution in [0.1, 0.15) is 63.1 Å². The highest BCUT2D eigenvalue weighted by Gasteiger charge is 2.39. The highest BCUT2D eigenvalue weighted by molar-refractivity contribution is 6.00. The van der Waals surface area contributed by atoms with Gasteiger partial charge in [-0.15, -0.1) is 0 Å². The minimum atomic E-state index is -0.299. The molecule has 8 nitrogen and oxygen atoms in total. The van der Waals surface area contributed by atoms with E-state index in [0.717, 1.165) is 67.2 Å². The summed E-state index contributed by atoms with van der Waals surface area (Å²) >= 11 is 0. The summed E-state index contributed by atoms with van der Waals surface area (Å²) in [6, 6.07) is 8.24. The number of likely N-dealkylation sites (tertiary alicyclic amines) is 2. The monoisotopic (exact) mass is 466 g/mol. The van der Waals surface area contributed by atoms with E-state index in [9.17, 15) is 9.59 Å². The molecule has 2 saturated heterocycles. The number of carbonyl (C=O) groups is 2. The second-order valence-corrected chi connectivity index (χ2v) is 9.46. The molecule has 5 N–H and O–H groups in total. The third-order valence-corrected chi connectivity index (χ3v) is 7.16. The molecule has 8 heteroatoms. The molecule has 2 atom stereocenters. The Balaban J connectivity index is 1.39. The molecular weight excluding hydrogens is 428 g/mol. The normalized spacial score (nSPS) is 21.1. The summed E-state index contributed by atoms with van der Waals surface area (Å²) < 4.78 is 0. The number of aromatic nitrogens is 1. The second kappa shape index (κ2) is 11.0. The first-order chi connectivity index (χ1) is 16.5. The average Bonchev–Trinajstić information content (AvgIpc) is 3.59. The number of carbonyl (C=O) groups excluding carboxylic acids is 2. The molecule has 2 aliphatic heterocycles. The molecule has 0 bridgehead atoms. The Labute approximate surface area is 201 Å². The molecule has 0 radical (unpaired) electrons. The quantitative estimate of drug-likeness (QED) is 0.388. The van der Waals surface area contributed by atoms with Gasteiger partial charge >= 0.3 is 0 Å². The largest absolute Gasteiger partial charge is 0.384 e. The maximum atomic E-state index is 13.4. The van der Waals surface area contributed by atoms with E-state index >= 15 is 0 Å². The van der Waals surface area contributed by atoms with Crippen LogP contribution in [0.15, 0.2) is 29.3 Å². The number of H-pyrrole nitrogens is 1. The summed E-state index contributed by atoms with van der Waals surface area (Å²) in [5.74, 6) is 0.760. The highest BCUT2D eigenvalue weighted by atomic mass is 16.2. The zero-order chi connectivity index (χ0) is 24.1. The zero-order valence-electron chi connectivity index (χ0n) is 20.3. The number of benzene rings is 1. The Morgan fingerprint density at radius 1 is 1.15 bits per heavy atom. The van der Waals surface area contributed by atoms with Gasteiger partial charge in [-0.05, 0) is 75.9 Å². The van der Waals surface area contributed by atoms with E-state index in [-0.39, 0.29) is 23.9 Å². The number of aryl methyl sites for hydroxylation is 1. The molecule has 0 spiro atoms. The lowest BCUT2D eigenvalue weighted by molar-refractivity contribution is -0.144. The molecule has 1 aromatic carbocycles. The van der Waals surface area contributed by atoms with Crippen molar-refractivity contribution < 1.29 is 9.59 Å². The lowest BCUT2D eigenvalue weighted by Crippen LogP contribution is -2.49. The summed E-state index contributed by atoms with van der Waals surface area (Å²) in [5.41, 5.74) is 14.8. The van der Waals surface area contributed by atoms with Crippen LogP contribution < -0.4 is 11.5 Å². The SMILES string of the molecule is CCN=C(N)c1ccc2cc(CC[C@@H]3CCCN3C(=O)[C@H]3CCCN3C(=O)CCCN)[nH]c2c1. The van der Waals surface area contributed by atoms with Gasteiger partial charge in [-0.2, -0.15) is 0 Å². The number of aromatic amines is 1. The van der Waals surface area contributed by atoms with Crippen LogP contribution >= 0.6 is 0 Å². The number of nitrogens with two attached hydrogens (primary N) is 2. The van der Waals surface area contributed by atoms with Crippen LogP contribution in [0.4, 0.5) is 0 Å². The molecule has 2 fully saturated rings. The van der Waals surface area contributed by atoms with Crippen LogP contribution in [0.5, 0.6) is 0 Å². The molecule has 2 amide bonds. The molecular formula is C26H38N6O2. The first-order valence-electron chi connectivity index (χ1n) is 12.7. The smallest absolute Gasteiger partial charge is 0.245 e. The minimum Gasteiger partial charge on any atom is -0.384 e. The van der Waals surface area contributed by atoms with E-state index in [1.165, 1.54) is 0 Å². The molecule has 3 heterocycles. The lowest BCUT2D eigenvalue weighted by atomic mass is 10.1. The van der Waals surface area contributed by atoms with Crippen molar-refractivity contribution in [3.63, 3.8) is 0 Å². The van der Waals surface area contributed by atoms with Crippen molar-refractivity contribution in [1.82, 2.24) is 14.8 Å². The third kappa shape index (κ3) is 5.27. The third-order valence-electron chi connectivity index (χ3n) is 7.16. The van der Waals surface area contributed by atoms with Crippen molar-refractivity contribution >= 4 is 28.6 Å². The van der Waals surface area contributed by atoms with Crippen molar-refractivity contribution in [1.29, 1.82) is 0 Å². The number of amidine groups is 1. The Morgan fingerprint density at radius 3 is 2.74 bits per heavy atom. The Kier molecular flexibility index (Phi) is 7.88. The predicted octanol–water partition coefficient (Wildman–Crippen LogP) is 2.55. The molecule has 184 valence electrons. The topological polar surface area (TPSA) is 121 Å². The fourth-order valence-corrected chi connectivity index (χ4v) is 5.40. The lowest BCUT2D eigenvalue weighted by Gasteiger charge is -2.31. The van der Waals surface area contributed by atoms with Crippen LogP contribution in [0.3, 0.4) is 0 Å². The number of amides is 2. The van der Waals surface area contributed by atoms with Gasteiger partial charge in [0.05, 0.1) is 0 Å². The molecule has 1 aromatic heterocycles. The van der Waals surface area contributed by atoms with Crippen molar-refractivity contribution in [3.05, 3.63) is 35.5 Å². The molecule has 0 saturated carbocycles. The Bertz CT molecular complexity index is 1050. The maximum absolute atomic E-state index is 13.4. The number of fused-ring (bicyclic) bond motifs is 1. The van der Waals surface area contributed by atoms with Gasteiger partial charge < -0.3 is 26.3 Å². The molecule has 2 aliphatic rings. The minimum absolute atomic E-state index is 0.0686. The Morgan fingerprint density at radius 2 is 1.94 bits per heavy atom. The zero-order valence-corrected chi connectivity index (χ0v) is 20.3. The van der Waals surface area contributed by atoms with Crippen molar-refractivity contribution in [2.45, 2.75) is 70.4 Å². The summed E-state index contributed by atoms with van der Waals surface area (Å²) in [6.45, 7) is 4.61. The summed E-state index contributed by atoms with van der Waals surface area (Å²) in [6.07, 6.45) is 6.61. The van der Waals surface area contributed by atoms with Gasteiger partial charge in [0.25, 0.3) is 0 Å². The summed E-state index contributed by atoms with van der Waals surface area (Å²) in [4.78, 5) is 37.7. The summed E-state index contributed by atoms with van der Waals surface area (Å²) in [5, 5.41) is 1.15. The fraction of sp³-hybridized carbons (Fsp3) is 0.577. The van der Waals surface area contributed by atoms with Gasteiger partial charge in [0.15, 0.2) is 0 Å². The van der Waals surface area contributed by atoms with Gasteiger partial charge in [-0.1, -0.05) is 12.1 Å². The average molecular weight is 467 g/mol. The molecule has 0 aliphatic carbocycles. The maximum Gasteiger partial charge on any atom is 0.245 e. The van der Waals surface area contributed by atoms with E-state index in [2.05, 4.69) is 28.2 Å². The van der Waals surface area contributed by atoms with E-state index in [1.807, 2.05) is 17.9 Å². The van der Waals surface area contributed by atoms with Crippen LogP contribution in [0, 0.1) is 0 Å². The first-order valence-corrected chi connectivity index (χ1v) is 12.7. The van der Waals surface area contributed by atoms with Gasteiger partial charge in [0.1, 0.15) is 11.9 Å². The second-order valence-electron chi connectivity index (χ2n) is 9.46. The first kappa shape index (κ1) is 24.3. The van der Waals surface area contributed by atoms with Gasteiger partial charge in [0.2, 0.25) is 11.8 Å². The molecule has 2 aromatic rings. The number of rotatable bonds is 9. The van der Waals surface area contributed by atoms with E-state index in [1.54, 1.807) is 4.90 Å². The number of hydrogen-bond acceptors (Lipinski definition) is 4. The van der Waals surface area contributed by atoms with Gasteiger partial charge in [-0.3, -0.25) is 14.6 Å². The number of aliphatic imine (C=N–C) groups is 1. The predicted molar refractivity (Wildman–Crippen MR) is 136 cm³/mol. The van der Waals surface area contributed by atoms with Crippen molar-refractivity contribution in [2.24, 2.45) is 16.5 Å². The van der Waals surface area contributed by atoms with E-state index in [0.29, 0.717) is 38.3 Å². The van der Waals surface area contributed by atoms with E-state index in [4.69, 9.17) is 11.5 Å². The molecule has 34 heavy (non-hydrogen) atoms. The standard InChI is InChI=1S/C26H38N6O2/c1-2-29-25(28)19-10-9-18-16-20(30-22(18)17-19)11-12-21-6-4-14-31(21)26(34)23-7-5-15-32(23)24(33)8-3-13-27/h9-10,16-17,21,23,30H,2-8,11-15,27H2,1H3,(H2,28,29)/t21-,23+/m0/s1. The summed E-state index contributed by atoms with van der Waals surface area (Å²) in [7, 11) is 0. The number of nitrogens with one attached hydrogen (secondary N) is 1. The fourth-order valence-electron chi connectivity index (χ4n) is 5.40. The van der Waals surface area contributed by atoms with Crippen LogP contribution in [-0.2, 0) is 16.0 Å². The Hall–Kier alpha value is -2.87. The van der Waals surface area contributed by atoms with Crippen LogP contribution in [-0.4, -0.2) is 70.7 Å². The molecule has 4 rings (SSSR count). The number of nitrogens with zero attached hydrogens (tertiary/aromatic N) is 3. The highest BCUT2D eigenvalue weighted by Crippen LogP contribution is 2.28. The van der Waals surface area contributed by atoms with Gasteiger partial charge in [0, 0.05) is 48.9 Å².